The van der Waals surface area contributed by atoms with E-state index in [2.05, 4.69) is 19.9 Å². The van der Waals surface area contributed by atoms with Crippen molar-refractivity contribution < 1.29 is 9.32 Å². The molecular weight excluding hydrogens is 280 g/mol. The van der Waals surface area contributed by atoms with Crippen molar-refractivity contribution in [1.82, 2.24) is 15.0 Å². The summed E-state index contributed by atoms with van der Waals surface area (Å²) >= 11 is 0. The van der Waals surface area contributed by atoms with Gasteiger partial charge in [0.05, 0.1) is 5.69 Å². The Hall–Kier alpha value is -2.21. The molecule has 2 aromatic heterocycles. The predicted octanol–water partition coefficient (Wildman–Crippen LogP) is 1.64. The maximum Gasteiger partial charge on any atom is 0.161 e. The van der Waals surface area contributed by atoms with Gasteiger partial charge in [-0.25, -0.2) is 4.98 Å². The fraction of sp³-hybridized carbons (Fsp3) is 0.438. The van der Waals surface area contributed by atoms with Crippen LogP contribution >= 0.6 is 0 Å². The van der Waals surface area contributed by atoms with Gasteiger partial charge in [0, 0.05) is 57.0 Å². The van der Waals surface area contributed by atoms with Gasteiger partial charge in [0.25, 0.3) is 0 Å². The highest BCUT2D eigenvalue weighted by atomic mass is 16.5. The quantitative estimate of drug-likeness (QED) is 0.782. The van der Waals surface area contributed by atoms with Gasteiger partial charge in [-0.2, -0.15) is 0 Å². The minimum atomic E-state index is 0.0525. The molecule has 0 aliphatic carbocycles. The SMILES string of the molecule is CC(=O)c1ccc(N2CCN(CCc3ccon3)CC2)nc1. The standard InChI is InChI=1S/C16H20N4O2/c1-13(21)14-2-3-16(17-12-14)20-9-7-19(8-10-20)6-4-15-5-11-22-18-15/h2-3,5,11-12H,4,6-10H2,1H3. The highest BCUT2D eigenvalue weighted by molar-refractivity contribution is 5.93. The van der Waals surface area contributed by atoms with E-state index < -0.39 is 0 Å². The van der Waals surface area contributed by atoms with E-state index in [1.807, 2.05) is 18.2 Å². The third kappa shape index (κ3) is 3.51. The number of carbonyl (C=O) groups is 1. The Kier molecular flexibility index (Phi) is 4.48. The lowest BCUT2D eigenvalue weighted by atomic mass is 10.2. The average molecular weight is 300 g/mol. The zero-order valence-electron chi connectivity index (χ0n) is 12.7. The Morgan fingerprint density at radius 2 is 2.05 bits per heavy atom. The summed E-state index contributed by atoms with van der Waals surface area (Å²) in [6.45, 7) is 6.47. The average Bonchev–Trinajstić information content (AvgIpc) is 3.07. The molecule has 22 heavy (non-hydrogen) atoms. The molecule has 6 nitrogen and oxygen atoms in total. The lowest BCUT2D eigenvalue weighted by molar-refractivity contribution is 0.101. The third-order valence-corrected chi connectivity index (χ3v) is 4.03. The Labute approximate surface area is 129 Å². The molecule has 3 heterocycles. The van der Waals surface area contributed by atoms with Gasteiger partial charge in [-0.3, -0.25) is 9.69 Å². The van der Waals surface area contributed by atoms with Gasteiger partial charge in [-0.15, -0.1) is 0 Å². The highest BCUT2D eigenvalue weighted by Crippen LogP contribution is 2.14. The number of Topliss-reactive ketones (excluding diaryl/α,β-unsaturated/α-hetero) is 1. The van der Waals surface area contributed by atoms with Crippen LogP contribution in [0.5, 0.6) is 0 Å². The molecule has 1 saturated heterocycles. The summed E-state index contributed by atoms with van der Waals surface area (Å²) in [5.74, 6) is 0.998. The molecule has 1 aliphatic heterocycles. The second-order valence-electron chi connectivity index (χ2n) is 5.53. The minimum Gasteiger partial charge on any atom is -0.365 e. The lowest BCUT2D eigenvalue weighted by Gasteiger charge is -2.35. The van der Waals surface area contributed by atoms with Crippen LogP contribution in [0.2, 0.25) is 0 Å². The minimum absolute atomic E-state index is 0.0525. The van der Waals surface area contributed by atoms with Gasteiger partial charge in [0.15, 0.2) is 5.78 Å². The number of pyridine rings is 1. The van der Waals surface area contributed by atoms with Crippen LogP contribution < -0.4 is 4.90 Å². The van der Waals surface area contributed by atoms with Gasteiger partial charge >= 0.3 is 0 Å². The third-order valence-electron chi connectivity index (χ3n) is 4.03. The zero-order valence-corrected chi connectivity index (χ0v) is 12.7. The summed E-state index contributed by atoms with van der Waals surface area (Å²) in [4.78, 5) is 20.4. The Balaban J connectivity index is 1.49. The summed E-state index contributed by atoms with van der Waals surface area (Å²) in [5.41, 5.74) is 1.67. The van der Waals surface area contributed by atoms with Gasteiger partial charge in [-0.1, -0.05) is 5.16 Å². The lowest BCUT2D eigenvalue weighted by Crippen LogP contribution is -2.47. The van der Waals surface area contributed by atoms with Crippen LogP contribution in [0, 0.1) is 0 Å². The van der Waals surface area contributed by atoms with Crippen LogP contribution in [0.15, 0.2) is 35.2 Å². The molecular formula is C16H20N4O2. The van der Waals surface area contributed by atoms with Crippen molar-refractivity contribution in [2.45, 2.75) is 13.3 Å². The van der Waals surface area contributed by atoms with E-state index in [4.69, 9.17) is 4.52 Å². The molecule has 0 bridgehead atoms. The Bertz CT molecular complexity index is 602. The van der Waals surface area contributed by atoms with Gasteiger partial charge < -0.3 is 9.42 Å². The predicted molar refractivity (Wildman–Crippen MR) is 83.1 cm³/mol. The van der Waals surface area contributed by atoms with Crippen LogP contribution in [0.4, 0.5) is 5.82 Å². The van der Waals surface area contributed by atoms with Crippen molar-refractivity contribution in [3.05, 3.63) is 41.9 Å². The van der Waals surface area contributed by atoms with E-state index >= 15 is 0 Å². The number of carbonyl (C=O) groups excluding carboxylic acids is 1. The topological polar surface area (TPSA) is 62.5 Å². The summed E-state index contributed by atoms with van der Waals surface area (Å²) < 4.78 is 4.85. The van der Waals surface area contributed by atoms with Gasteiger partial charge in [-0.05, 0) is 19.1 Å². The van der Waals surface area contributed by atoms with Crippen molar-refractivity contribution in [2.24, 2.45) is 0 Å². The molecule has 0 aromatic carbocycles. The van der Waals surface area contributed by atoms with Crippen molar-refractivity contribution >= 4 is 11.6 Å². The molecule has 3 rings (SSSR count). The number of hydrogen-bond donors (Lipinski definition) is 0. The van der Waals surface area contributed by atoms with Gasteiger partial charge in [0.2, 0.25) is 0 Å². The summed E-state index contributed by atoms with van der Waals surface area (Å²) in [6, 6.07) is 5.69. The molecule has 0 radical (unpaired) electrons. The zero-order chi connectivity index (χ0) is 15.4. The number of anilines is 1. The van der Waals surface area contributed by atoms with E-state index in [9.17, 15) is 4.79 Å². The Morgan fingerprint density at radius 3 is 2.64 bits per heavy atom. The first kappa shape index (κ1) is 14.7. The maximum absolute atomic E-state index is 11.3. The molecule has 0 N–H and O–H groups in total. The van der Waals surface area contributed by atoms with Crippen LogP contribution in [0.25, 0.3) is 0 Å². The van der Waals surface area contributed by atoms with Crippen molar-refractivity contribution in [1.29, 1.82) is 0 Å². The van der Waals surface area contributed by atoms with E-state index in [0.717, 1.165) is 50.7 Å². The molecule has 0 atom stereocenters. The first-order chi connectivity index (χ1) is 10.7. The van der Waals surface area contributed by atoms with E-state index in [0.29, 0.717) is 5.56 Å². The van der Waals surface area contributed by atoms with Crippen LogP contribution in [0.1, 0.15) is 23.0 Å². The molecule has 116 valence electrons. The van der Waals surface area contributed by atoms with Crippen molar-refractivity contribution in [3.63, 3.8) is 0 Å². The molecule has 0 unspecified atom stereocenters. The molecule has 2 aromatic rings. The molecule has 6 heteroatoms. The van der Waals surface area contributed by atoms with Crippen molar-refractivity contribution in [2.75, 3.05) is 37.6 Å². The monoisotopic (exact) mass is 300 g/mol. The number of ketones is 1. The molecule has 0 amide bonds. The molecule has 0 saturated carbocycles. The van der Waals surface area contributed by atoms with E-state index in [1.165, 1.54) is 0 Å². The van der Waals surface area contributed by atoms with Gasteiger partial charge in [0.1, 0.15) is 12.1 Å². The number of nitrogens with zero attached hydrogens (tertiary/aromatic N) is 4. The number of rotatable bonds is 5. The number of aromatic nitrogens is 2. The van der Waals surface area contributed by atoms with E-state index in [1.54, 1.807) is 19.4 Å². The number of hydrogen-bond acceptors (Lipinski definition) is 6. The summed E-state index contributed by atoms with van der Waals surface area (Å²) in [7, 11) is 0. The van der Waals surface area contributed by atoms with Crippen LogP contribution in [0.3, 0.4) is 0 Å². The second-order valence-corrected chi connectivity index (χ2v) is 5.53. The first-order valence-electron chi connectivity index (χ1n) is 7.56. The Morgan fingerprint density at radius 1 is 1.23 bits per heavy atom. The summed E-state index contributed by atoms with van der Waals surface area (Å²) in [6.07, 6.45) is 4.19. The molecule has 1 fully saturated rings. The van der Waals surface area contributed by atoms with Crippen LogP contribution in [-0.4, -0.2) is 53.5 Å². The molecule has 0 spiro atoms. The normalized spacial score (nSPS) is 16.0. The highest BCUT2D eigenvalue weighted by Gasteiger charge is 2.18. The maximum atomic E-state index is 11.3. The fourth-order valence-corrected chi connectivity index (χ4v) is 2.62. The fourth-order valence-electron chi connectivity index (χ4n) is 2.62. The largest absolute Gasteiger partial charge is 0.365 e. The van der Waals surface area contributed by atoms with Crippen molar-refractivity contribution in [3.8, 4) is 0 Å². The molecule has 1 aliphatic rings. The first-order valence-corrected chi connectivity index (χ1v) is 7.56. The van der Waals surface area contributed by atoms with E-state index in [-0.39, 0.29) is 5.78 Å². The van der Waals surface area contributed by atoms with Crippen LogP contribution in [-0.2, 0) is 6.42 Å². The summed E-state index contributed by atoms with van der Waals surface area (Å²) in [5, 5.41) is 3.94. The smallest absolute Gasteiger partial charge is 0.161 e. The second kappa shape index (κ2) is 6.70. The number of piperazine rings is 1.